The molecule has 0 saturated carbocycles. The summed E-state index contributed by atoms with van der Waals surface area (Å²) in [6.07, 6.45) is 2.84. The standard InChI is InChI=1S/3C6H5.C5H7.Sn/c3*1-2-4-6-5-3-1;1-3-5-4-2;/h3*1-5H;3H,1-2,5H2;. The quantitative estimate of drug-likeness (QED) is 0.423. The van der Waals surface area contributed by atoms with Gasteiger partial charge in [0.25, 0.3) is 0 Å². The molecule has 0 saturated heterocycles. The van der Waals surface area contributed by atoms with Crippen molar-refractivity contribution in [1.82, 2.24) is 0 Å². The zero-order valence-electron chi connectivity index (χ0n) is 13.9. The van der Waals surface area contributed by atoms with Gasteiger partial charge in [-0.1, -0.05) is 0 Å². The van der Waals surface area contributed by atoms with E-state index in [0.717, 1.165) is 6.42 Å². The van der Waals surface area contributed by atoms with Crippen molar-refractivity contribution in [3.8, 4) is 0 Å². The van der Waals surface area contributed by atoms with Crippen molar-refractivity contribution in [2.75, 3.05) is 0 Å². The SMILES string of the molecule is C=CC[C](=C)[Sn]([c]1ccccc1)([c]1ccccc1)[c]1ccccc1. The Morgan fingerprint density at radius 1 is 0.667 bits per heavy atom. The second-order valence-electron chi connectivity index (χ2n) is 5.94. The van der Waals surface area contributed by atoms with Crippen LogP contribution in [0.1, 0.15) is 6.42 Å². The summed E-state index contributed by atoms with van der Waals surface area (Å²) in [6, 6.07) is 32.8. The fourth-order valence-corrected chi connectivity index (χ4v) is 17.1. The van der Waals surface area contributed by atoms with Gasteiger partial charge in [-0.15, -0.1) is 0 Å². The van der Waals surface area contributed by atoms with Crippen LogP contribution in [0.4, 0.5) is 0 Å². The van der Waals surface area contributed by atoms with Gasteiger partial charge in [-0.25, -0.2) is 0 Å². The van der Waals surface area contributed by atoms with E-state index in [2.05, 4.69) is 104 Å². The Balaban J connectivity index is 2.37. The Kier molecular flexibility index (Phi) is 5.37. The van der Waals surface area contributed by atoms with Crippen LogP contribution in [0.15, 0.2) is 114 Å². The molecule has 0 amide bonds. The number of hydrogen-bond donors (Lipinski definition) is 0. The average Bonchev–Trinajstić information content (AvgIpc) is 2.65. The van der Waals surface area contributed by atoms with Gasteiger partial charge in [0, 0.05) is 0 Å². The number of benzene rings is 3. The summed E-state index contributed by atoms with van der Waals surface area (Å²) >= 11 is -3.31. The van der Waals surface area contributed by atoms with Crippen LogP contribution in [0.3, 0.4) is 0 Å². The second-order valence-corrected chi connectivity index (χ2v) is 17.2. The summed E-state index contributed by atoms with van der Waals surface area (Å²) in [4.78, 5) is 0. The third-order valence-electron chi connectivity index (χ3n) is 4.54. The summed E-state index contributed by atoms with van der Waals surface area (Å²) < 4.78 is 5.66. The topological polar surface area (TPSA) is 0 Å². The molecule has 0 atom stereocenters. The van der Waals surface area contributed by atoms with Crippen molar-refractivity contribution in [1.29, 1.82) is 0 Å². The van der Waals surface area contributed by atoms with Crippen LogP contribution >= 0.6 is 0 Å². The Hall–Kier alpha value is -2.06. The zero-order valence-corrected chi connectivity index (χ0v) is 16.7. The van der Waals surface area contributed by atoms with E-state index in [0.29, 0.717) is 0 Å². The predicted octanol–water partition coefficient (Wildman–Crippen LogP) is 3.83. The third-order valence-corrected chi connectivity index (χ3v) is 18.4. The summed E-state index contributed by atoms with van der Waals surface area (Å²) in [5, 5.41) is 0. The molecule has 3 aromatic rings. The van der Waals surface area contributed by atoms with Gasteiger partial charge >= 0.3 is 149 Å². The van der Waals surface area contributed by atoms with E-state index in [1.165, 1.54) is 14.3 Å². The van der Waals surface area contributed by atoms with Gasteiger partial charge in [-0.05, 0) is 0 Å². The molecule has 3 rings (SSSR count). The molecule has 1 heteroatoms. The van der Waals surface area contributed by atoms with Crippen molar-refractivity contribution in [2.45, 2.75) is 6.42 Å². The molecule has 0 unspecified atom stereocenters. The van der Waals surface area contributed by atoms with Crippen molar-refractivity contribution in [3.05, 3.63) is 114 Å². The molecule has 0 aliphatic carbocycles. The van der Waals surface area contributed by atoms with Gasteiger partial charge in [-0.3, -0.25) is 0 Å². The first-order chi connectivity index (χ1) is 11.8. The molecule has 0 spiro atoms. The third kappa shape index (κ3) is 2.99. The number of allylic oxidation sites excluding steroid dienone is 2. The normalized spacial score (nSPS) is 11.0. The minimum absolute atomic E-state index is 0.856. The van der Waals surface area contributed by atoms with E-state index in [1.807, 2.05) is 6.08 Å². The Morgan fingerprint density at radius 3 is 1.29 bits per heavy atom. The molecule has 24 heavy (non-hydrogen) atoms. The average molecular weight is 417 g/mol. The number of hydrogen-bond acceptors (Lipinski definition) is 0. The first-order valence-electron chi connectivity index (χ1n) is 8.26. The summed E-state index contributed by atoms with van der Waals surface area (Å²) in [7, 11) is 0. The first kappa shape index (κ1) is 16.8. The van der Waals surface area contributed by atoms with E-state index in [4.69, 9.17) is 0 Å². The summed E-state index contributed by atoms with van der Waals surface area (Å²) in [6.45, 7) is 8.54. The molecule has 118 valence electrons. The van der Waals surface area contributed by atoms with Gasteiger partial charge < -0.3 is 0 Å². The molecule has 0 aromatic heterocycles. The monoisotopic (exact) mass is 418 g/mol. The van der Waals surface area contributed by atoms with Crippen LogP contribution in [-0.4, -0.2) is 18.4 Å². The molecule has 0 fully saturated rings. The van der Waals surface area contributed by atoms with Crippen molar-refractivity contribution in [3.63, 3.8) is 0 Å². The van der Waals surface area contributed by atoms with Crippen LogP contribution in [0.2, 0.25) is 0 Å². The van der Waals surface area contributed by atoms with Gasteiger partial charge in [0.2, 0.25) is 0 Å². The first-order valence-corrected chi connectivity index (χ1v) is 14.0. The predicted molar refractivity (Wildman–Crippen MR) is 108 cm³/mol. The molecule has 0 N–H and O–H groups in total. The van der Waals surface area contributed by atoms with Gasteiger partial charge in [0.1, 0.15) is 0 Å². The molecule has 0 bridgehead atoms. The van der Waals surface area contributed by atoms with Crippen LogP contribution in [0, 0.1) is 0 Å². The maximum atomic E-state index is 4.57. The molecular weight excluding hydrogens is 395 g/mol. The van der Waals surface area contributed by atoms with Crippen LogP contribution in [0.25, 0.3) is 0 Å². The molecule has 0 heterocycles. The van der Waals surface area contributed by atoms with E-state index >= 15 is 0 Å². The molecule has 0 radical (unpaired) electrons. The maximum absolute atomic E-state index is 4.57. The molecule has 3 aromatic carbocycles. The molecule has 0 aliphatic heterocycles. The second kappa shape index (κ2) is 7.67. The van der Waals surface area contributed by atoms with E-state index < -0.39 is 18.4 Å². The number of rotatable bonds is 6. The Bertz CT molecular complexity index is 708. The molecular formula is C23H22Sn. The minimum atomic E-state index is -3.31. The van der Waals surface area contributed by atoms with Crippen LogP contribution in [-0.2, 0) is 0 Å². The van der Waals surface area contributed by atoms with Gasteiger partial charge in [-0.2, -0.15) is 0 Å². The van der Waals surface area contributed by atoms with E-state index in [1.54, 1.807) is 0 Å². The fraction of sp³-hybridized carbons (Fsp3) is 0.0435. The van der Waals surface area contributed by atoms with E-state index in [-0.39, 0.29) is 0 Å². The van der Waals surface area contributed by atoms with Crippen LogP contribution in [0.5, 0.6) is 0 Å². The van der Waals surface area contributed by atoms with Crippen molar-refractivity contribution >= 4 is 29.1 Å². The van der Waals surface area contributed by atoms with E-state index in [9.17, 15) is 0 Å². The molecule has 0 aliphatic rings. The van der Waals surface area contributed by atoms with Gasteiger partial charge in [0.05, 0.1) is 0 Å². The van der Waals surface area contributed by atoms with Gasteiger partial charge in [0.15, 0.2) is 0 Å². The molecule has 0 nitrogen and oxygen atoms in total. The summed E-state index contributed by atoms with van der Waals surface area (Å²) in [5.41, 5.74) is 0. The fourth-order valence-electron chi connectivity index (χ4n) is 3.50. The van der Waals surface area contributed by atoms with Crippen LogP contribution < -0.4 is 10.7 Å². The summed E-state index contributed by atoms with van der Waals surface area (Å²) in [5.74, 6) is 0. The van der Waals surface area contributed by atoms with Crippen molar-refractivity contribution in [2.24, 2.45) is 0 Å². The zero-order chi connectivity index (χ0) is 16.8. The Labute approximate surface area is 149 Å². The van der Waals surface area contributed by atoms with Crippen molar-refractivity contribution < 1.29 is 0 Å². The Morgan fingerprint density at radius 2 is 1.00 bits per heavy atom.